The number of ether oxygens (including phenoxy) is 1. The lowest BCUT2D eigenvalue weighted by molar-refractivity contribution is 0.0372. The maximum Gasteiger partial charge on any atom is 0.0594 e. The van der Waals surface area contributed by atoms with E-state index in [1.165, 1.54) is 19.4 Å². The molecule has 72 valence electrons. The molecule has 0 aliphatic carbocycles. The van der Waals surface area contributed by atoms with Gasteiger partial charge < -0.3 is 4.74 Å². The summed E-state index contributed by atoms with van der Waals surface area (Å²) in [7, 11) is 0. The summed E-state index contributed by atoms with van der Waals surface area (Å²) in [5.74, 6) is 0. The van der Waals surface area contributed by atoms with Crippen LogP contribution >= 0.6 is 12.6 Å². The predicted molar refractivity (Wildman–Crippen MR) is 54.9 cm³/mol. The van der Waals surface area contributed by atoms with Crippen molar-refractivity contribution >= 4 is 12.6 Å². The summed E-state index contributed by atoms with van der Waals surface area (Å²) < 4.78 is 5.27. The largest absolute Gasteiger partial charge is 0.379 e. The summed E-state index contributed by atoms with van der Waals surface area (Å²) in [4.78, 5) is 2.47. The quantitative estimate of drug-likeness (QED) is 0.671. The first kappa shape index (κ1) is 10.4. The molecule has 3 heteroatoms. The molecule has 0 spiro atoms. The molecule has 12 heavy (non-hydrogen) atoms. The molecule has 1 aliphatic heterocycles. The van der Waals surface area contributed by atoms with Crippen LogP contribution in [0.5, 0.6) is 0 Å². The van der Waals surface area contributed by atoms with Gasteiger partial charge in [-0.1, -0.05) is 6.92 Å². The lowest BCUT2D eigenvalue weighted by atomic mass is 10.2. The van der Waals surface area contributed by atoms with Gasteiger partial charge in [-0.25, -0.2) is 0 Å². The third-order valence-electron chi connectivity index (χ3n) is 2.20. The number of hydrogen-bond donors (Lipinski definition) is 1. The molecule has 1 unspecified atom stereocenters. The molecule has 0 aromatic heterocycles. The molecule has 0 bridgehead atoms. The van der Waals surface area contributed by atoms with Gasteiger partial charge in [0.1, 0.15) is 0 Å². The highest BCUT2D eigenvalue weighted by molar-refractivity contribution is 7.80. The molecule has 0 radical (unpaired) electrons. The topological polar surface area (TPSA) is 12.5 Å². The third kappa shape index (κ3) is 4.33. The molecule has 1 heterocycles. The highest BCUT2D eigenvalue weighted by Gasteiger charge is 2.09. The number of morpholine rings is 1. The molecule has 0 N–H and O–H groups in total. The van der Waals surface area contributed by atoms with E-state index in [0.29, 0.717) is 5.25 Å². The number of hydrogen-bond acceptors (Lipinski definition) is 3. The smallest absolute Gasteiger partial charge is 0.0594 e. The van der Waals surface area contributed by atoms with Crippen molar-refractivity contribution in [1.29, 1.82) is 0 Å². The molecule has 1 fully saturated rings. The van der Waals surface area contributed by atoms with Crippen LogP contribution in [0.15, 0.2) is 0 Å². The molecule has 0 aromatic carbocycles. The van der Waals surface area contributed by atoms with E-state index < -0.39 is 0 Å². The summed E-state index contributed by atoms with van der Waals surface area (Å²) in [6.07, 6.45) is 2.49. The van der Waals surface area contributed by atoms with Gasteiger partial charge in [0, 0.05) is 13.1 Å². The highest BCUT2D eigenvalue weighted by atomic mass is 32.1. The van der Waals surface area contributed by atoms with E-state index in [0.717, 1.165) is 26.3 Å². The molecular weight excluding hydrogens is 170 g/mol. The molecule has 1 atom stereocenters. The van der Waals surface area contributed by atoms with E-state index in [9.17, 15) is 0 Å². The second kappa shape index (κ2) is 5.84. The molecule has 1 saturated heterocycles. The van der Waals surface area contributed by atoms with E-state index in [4.69, 9.17) is 4.74 Å². The van der Waals surface area contributed by atoms with Crippen molar-refractivity contribution in [3.8, 4) is 0 Å². The van der Waals surface area contributed by atoms with Crippen LogP contribution in [0.25, 0.3) is 0 Å². The van der Waals surface area contributed by atoms with E-state index in [1.54, 1.807) is 0 Å². The Bertz CT molecular complexity index is 113. The van der Waals surface area contributed by atoms with Gasteiger partial charge in [-0.3, -0.25) is 4.90 Å². The van der Waals surface area contributed by atoms with Crippen molar-refractivity contribution in [1.82, 2.24) is 4.90 Å². The standard InChI is InChI=1S/C9H19NOS/c1-9(12)3-2-4-10-5-7-11-8-6-10/h9,12H,2-8H2,1H3. The second-order valence-corrected chi connectivity index (χ2v) is 4.33. The Hall–Kier alpha value is 0.270. The lowest BCUT2D eigenvalue weighted by Gasteiger charge is -2.26. The van der Waals surface area contributed by atoms with Gasteiger partial charge in [-0.2, -0.15) is 12.6 Å². The van der Waals surface area contributed by atoms with Crippen molar-refractivity contribution in [2.45, 2.75) is 25.0 Å². The fourth-order valence-electron chi connectivity index (χ4n) is 1.44. The maximum absolute atomic E-state index is 5.27. The van der Waals surface area contributed by atoms with Crippen LogP contribution in [-0.2, 0) is 4.74 Å². The third-order valence-corrected chi connectivity index (χ3v) is 2.46. The second-order valence-electron chi connectivity index (χ2n) is 3.45. The van der Waals surface area contributed by atoms with Gasteiger partial charge in [-0.15, -0.1) is 0 Å². The maximum atomic E-state index is 5.27. The Morgan fingerprint density at radius 1 is 1.42 bits per heavy atom. The fraction of sp³-hybridized carbons (Fsp3) is 1.00. The molecular formula is C9H19NOS. The van der Waals surface area contributed by atoms with Gasteiger partial charge in [0.25, 0.3) is 0 Å². The summed E-state index contributed by atoms with van der Waals surface area (Å²) >= 11 is 4.35. The van der Waals surface area contributed by atoms with Crippen LogP contribution < -0.4 is 0 Å². The summed E-state index contributed by atoms with van der Waals surface area (Å²) in [6, 6.07) is 0. The van der Waals surface area contributed by atoms with Crippen LogP contribution in [0.2, 0.25) is 0 Å². The molecule has 1 rings (SSSR count). The molecule has 0 saturated carbocycles. The highest BCUT2D eigenvalue weighted by Crippen LogP contribution is 2.05. The number of nitrogens with zero attached hydrogens (tertiary/aromatic N) is 1. The van der Waals surface area contributed by atoms with Gasteiger partial charge in [-0.05, 0) is 24.6 Å². The van der Waals surface area contributed by atoms with Crippen LogP contribution in [-0.4, -0.2) is 43.0 Å². The number of thiol groups is 1. The normalized spacial score (nSPS) is 22.5. The average Bonchev–Trinajstić information content (AvgIpc) is 2.05. The van der Waals surface area contributed by atoms with E-state index in [-0.39, 0.29) is 0 Å². The van der Waals surface area contributed by atoms with E-state index in [1.807, 2.05) is 0 Å². The van der Waals surface area contributed by atoms with Gasteiger partial charge in [0.05, 0.1) is 13.2 Å². The van der Waals surface area contributed by atoms with Crippen molar-refractivity contribution < 1.29 is 4.74 Å². The Morgan fingerprint density at radius 3 is 2.67 bits per heavy atom. The van der Waals surface area contributed by atoms with E-state index >= 15 is 0 Å². The van der Waals surface area contributed by atoms with Crippen LogP contribution in [0.1, 0.15) is 19.8 Å². The van der Waals surface area contributed by atoms with Gasteiger partial charge in [0.15, 0.2) is 0 Å². The van der Waals surface area contributed by atoms with Crippen LogP contribution in [0, 0.1) is 0 Å². The summed E-state index contributed by atoms with van der Waals surface area (Å²) in [5, 5.41) is 0.547. The monoisotopic (exact) mass is 189 g/mol. The molecule has 2 nitrogen and oxygen atoms in total. The SMILES string of the molecule is CC(S)CCCN1CCOCC1. The zero-order chi connectivity index (χ0) is 8.81. The van der Waals surface area contributed by atoms with Crippen molar-refractivity contribution in [3.05, 3.63) is 0 Å². The molecule has 0 amide bonds. The van der Waals surface area contributed by atoms with Crippen molar-refractivity contribution in [3.63, 3.8) is 0 Å². The Labute approximate surface area is 80.7 Å². The van der Waals surface area contributed by atoms with Gasteiger partial charge in [0.2, 0.25) is 0 Å². The van der Waals surface area contributed by atoms with Crippen molar-refractivity contribution in [2.24, 2.45) is 0 Å². The lowest BCUT2D eigenvalue weighted by Crippen LogP contribution is -2.36. The molecule has 0 aromatic rings. The zero-order valence-corrected chi connectivity index (χ0v) is 8.72. The Kier molecular flexibility index (Phi) is 5.04. The average molecular weight is 189 g/mol. The predicted octanol–water partition coefficient (Wildman–Crippen LogP) is 1.42. The summed E-state index contributed by atoms with van der Waals surface area (Å²) in [6.45, 7) is 7.42. The van der Waals surface area contributed by atoms with Crippen molar-refractivity contribution in [2.75, 3.05) is 32.8 Å². The first-order valence-electron chi connectivity index (χ1n) is 4.77. The van der Waals surface area contributed by atoms with Gasteiger partial charge >= 0.3 is 0 Å². The summed E-state index contributed by atoms with van der Waals surface area (Å²) in [5.41, 5.74) is 0. The minimum absolute atomic E-state index is 0.547. The minimum Gasteiger partial charge on any atom is -0.379 e. The van der Waals surface area contributed by atoms with Crippen LogP contribution in [0.4, 0.5) is 0 Å². The Balaban J connectivity index is 1.98. The van der Waals surface area contributed by atoms with Crippen LogP contribution in [0.3, 0.4) is 0 Å². The first-order chi connectivity index (χ1) is 5.79. The minimum atomic E-state index is 0.547. The fourth-order valence-corrected chi connectivity index (χ4v) is 1.62. The Morgan fingerprint density at radius 2 is 2.08 bits per heavy atom. The molecule has 1 aliphatic rings. The van der Waals surface area contributed by atoms with E-state index in [2.05, 4.69) is 24.5 Å². The number of rotatable bonds is 4. The zero-order valence-electron chi connectivity index (χ0n) is 7.83. The first-order valence-corrected chi connectivity index (χ1v) is 5.29.